The molecule has 0 spiro atoms. The van der Waals surface area contributed by atoms with Crippen LogP contribution in [0.2, 0.25) is 0 Å². The maximum absolute atomic E-state index is 5.43. The standard InChI is InChI=1S/C35H30N6O/c1-26-18-20-30(21-19-26)40(28-14-8-4-9-15-28)34-37-33(36-27-12-6-3-7-13-27)38-35(39-34)41(29-16-10-5-11-17-29)31-22-24-32(42-2)25-23-31/h3-25H,1-2H3,(H,36,37,38,39). The van der Waals surface area contributed by atoms with Crippen molar-refractivity contribution in [2.24, 2.45) is 0 Å². The summed E-state index contributed by atoms with van der Waals surface area (Å²) < 4.78 is 5.43. The molecular formula is C35H30N6O. The number of aromatic nitrogens is 3. The molecule has 0 fully saturated rings. The Hall–Kier alpha value is -5.69. The summed E-state index contributed by atoms with van der Waals surface area (Å²) in [5.74, 6) is 2.12. The van der Waals surface area contributed by atoms with Crippen molar-refractivity contribution in [3.63, 3.8) is 0 Å². The smallest absolute Gasteiger partial charge is 0.241 e. The molecule has 6 rings (SSSR count). The minimum Gasteiger partial charge on any atom is -0.497 e. The molecular weight excluding hydrogens is 520 g/mol. The number of hydrogen-bond acceptors (Lipinski definition) is 7. The number of nitrogens with one attached hydrogen (secondary N) is 1. The van der Waals surface area contributed by atoms with Crippen LogP contribution in [0.25, 0.3) is 0 Å². The molecule has 1 N–H and O–H groups in total. The third-order valence-electron chi connectivity index (χ3n) is 6.69. The Morgan fingerprint density at radius 1 is 0.500 bits per heavy atom. The fourth-order valence-corrected chi connectivity index (χ4v) is 4.60. The average Bonchev–Trinajstić information content (AvgIpc) is 3.04. The molecule has 7 nitrogen and oxygen atoms in total. The summed E-state index contributed by atoms with van der Waals surface area (Å²) in [5.41, 5.74) is 5.70. The summed E-state index contributed by atoms with van der Waals surface area (Å²) in [5, 5.41) is 3.39. The molecule has 1 aromatic heterocycles. The van der Waals surface area contributed by atoms with Gasteiger partial charge in [0.05, 0.1) is 7.11 Å². The van der Waals surface area contributed by atoms with Gasteiger partial charge in [-0.15, -0.1) is 0 Å². The van der Waals surface area contributed by atoms with Gasteiger partial charge in [0.1, 0.15) is 5.75 Å². The second-order valence-electron chi connectivity index (χ2n) is 9.63. The highest BCUT2D eigenvalue weighted by Gasteiger charge is 2.22. The lowest BCUT2D eigenvalue weighted by atomic mass is 10.2. The quantitative estimate of drug-likeness (QED) is 0.193. The van der Waals surface area contributed by atoms with E-state index in [1.165, 1.54) is 5.56 Å². The number of para-hydroxylation sites is 3. The fourth-order valence-electron chi connectivity index (χ4n) is 4.60. The number of aryl methyl sites for hydroxylation is 1. The molecule has 0 saturated carbocycles. The van der Waals surface area contributed by atoms with Crippen LogP contribution in [-0.4, -0.2) is 22.1 Å². The molecule has 6 aromatic rings. The summed E-state index contributed by atoms with van der Waals surface area (Å²) in [6, 6.07) is 46.2. The molecule has 0 aliphatic carbocycles. The lowest BCUT2D eigenvalue weighted by molar-refractivity contribution is 0.415. The fraction of sp³-hybridized carbons (Fsp3) is 0.0571. The Labute approximate surface area is 245 Å². The number of benzene rings is 5. The molecule has 206 valence electrons. The molecule has 0 bridgehead atoms. The summed E-state index contributed by atoms with van der Waals surface area (Å²) in [7, 11) is 1.66. The van der Waals surface area contributed by atoms with Gasteiger partial charge in [-0.25, -0.2) is 0 Å². The van der Waals surface area contributed by atoms with Gasteiger partial charge in [-0.3, -0.25) is 9.80 Å². The highest BCUT2D eigenvalue weighted by Crippen LogP contribution is 2.37. The molecule has 0 amide bonds. The molecule has 0 radical (unpaired) electrons. The van der Waals surface area contributed by atoms with Crippen molar-refractivity contribution < 1.29 is 4.74 Å². The summed E-state index contributed by atoms with van der Waals surface area (Å²) in [4.78, 5) is 19.0. The Balaban J connectivity index is 1.57. The van der Waals surface area contributed by atoms with E-state index in [9.17, 15) is 0 Å². The number of anilines is 8. The Morgan fingerprint density at radius 2 is 0.929 bits per heavy atom. The number of hydrogen-bond donors (Lipinski definition) is 1. The lowest BCUT2D eigenvalue weighted by Gasteiger charge is -2.27. The van der Waals surface area contributed by atoms with Gasteiger partial charge in [-0.05, 0) is 79.7 Å². The van der Waals surface area contributed by atoms with Gasteiger partial charge in [0.25, 0.3) is 0 Å². The predicted molar refractivity (Wildman–Crippen MR) is 170 cm³/mol. The maximum Gasteiger partial charge on any atom is 0.241 e. The van der Waals surface area contributed by atoms with Gasteiger partial charge >= 0.3 is 0 Å². The van der Waals surface area contributed by atoms with Crippen molar-refractivity contribution in [3.05, 3.63) is 145 Å². The first-order valence-corrected chi connectivity index (χ1v) is 13.7. The molecule has 0 atom stereocenters. The highest BCUT2D eigenvalue weighted by atomic mass is 16.5. The van der Waals surface area contributed by atoms with Crippen LogP contribution in [0.1, 0.15) is 5.56 Å². The SMILES string of the molecule is COc1ccc(N(c2ccccc2)c2nc(Nc3ccccc3)nc(N(c3ccccc3)c3ccc(C)cc3)n2)cc1. The monoisotopic (exact) mass is 550 g/mol. The molecule has 7 heteroatoms. The van der Waals surface area contributed by atoms with E-state index in [1.807, 2.05) is 125 Å². The van der Waals surface area contributed by atoms with Gasteiger partial charge < -0.3 is 10.1 Å². The van der Waals surface area contributed by atoms with Crippen LogP contribution >= 0.6 is 0 Å². The minimum atomic E-state index is 0.420. The van der Waals surface area contributed by atoms with Crippen LogP contribution in [-0.2, 0) is 0 Å². The van der Waals surface area contributed by atoms with Crippen LogP contribution in [0.3, 0.4) is 0 Å². The van der Waals surface area contributed by atoms with Gasteiger partial charge in [-0.2, -0.15) is 15.0 Å². The van der Waals surface area contributed by atoms with Crippen molar-refractivity contribution in [1.29, 1.82) is 0 Å². The first-order chi connectivity index (χ1) is 20.7. The molecule has 0 unspecified atom stereocenters. The third-order valence-corrected chi connectivity index (χ3v) is 6.69. The van der Waals surface area contributed by atoms with Crippen LogP contribution in [0.5, 0.6) is 5.75 Å². The van der Waals surface area contributed by atoms with Crippen LogP contribution in [0.15, 0.2) is 140 Å². The second-order valence-corrected chi connectivity index (χ2v) is 9.63. The van der Waals surface area contributed by atoms with E-state index in [4.69, 9.17) is 19.7 Å². The lowest BCUT2D eigenvalue weighted by Crippen LogP contribution is -2.19. The topological polar surface area (TPSA) is 66.4 Å². The summed E-state index contributed by atoms with van der Waals surface area (Å²) in [6.45, 7) is 2.08. The normalized spacial score (nSPS) is 10.6. The van der Waals surface area contributed by atoms with Gasteiger partial charge in [0.2, 0.25) is 17.8 Å². The van der Waals surface area contributed by atoms with Crippen LogP contribution in [0.4, 0.5) is 46.3 Å². The number of rotatable bonds is 9. The van der Waals surface area contributed by atoms with Gasteiger partial charge in [0.15, 0.2) is 0 Å². The average molecular weight is 551 g/mol. The molecule has 5 aromatic carbocycles. The van der Waals surface area contributed by atoms with E-state index in [1.54, 1.807) is 7.11 Å². The first-order valence-electron chi connectivity index (χ1n) is 13.7. The molecule has 0 aliphatic rings. The van der Waals surface area contributed by atoms with Crippen molar-refractivity contribution >= 4 is 46.3 Å². The second kappa shape index (κ2) is 12.2. The van der Waals surface area contributed by atoms with E-state index in [2.05, 4.69) is 36.5 Å². The van der Waals surface area contributed by atoms with Crippen molar-refractivity contribution in [2.75, 3.05) is 22.2 Å². The van der Waals surface area contributed by atoms with Crippen molar-refractivity contribution in [2.45, 2.75) is 6.92 Å². The largest absolute Gasteiger partial charge is 0.497 e. The summed E-state index contributed by atoms with van der Waals surface area (Å²) >= 11 is 0. The number of ether oxygens (including phenoxy) is 1. The molecule has 0 aliphatic heterocycles. The van der Waals surface area contributed by atoms with E-state index in [0.717, 1.165) is 34.2 Å². The zero-order valence-corrected chi connectivity index (χ0v) is 23.4. The zero-order valence-electron chi connectivity index (χ0n) is 23.4. The van der Waals surface area contributed by atoms with Crippen molar-refractivity contribution in [3.8, 4) is 5.75 Å². The molecule has 1 heterocycles. The van der Waals surface area contributed by atoms with Gasteiger partial charge in [-0.1, -0.05) is 72.3 Å². The van der Waals surface area contributed by atoms with E-state index in [-0.39, 0.29) is 0 Å². The maximum atomic E-state index is 5.43. The molecule has 42 heavy (non-hydrogen) atoms. The van der Waals surface area contributed by atoms with Crippen LogP contribution < -0.4 is 19.9 Å². The minimum absolute atomic E-state index is 0.420. The Morgan fingerprint density at radius 3 is 1.40 bits per heavy atom. The van der Waals surface area contributed by atoms with Crippen molar-refractivity contribution in [1.82, 2.24) is 15.0 Å². The van der Waals surface area contributed by atoms with E-state index >= 15 is 0 Å². The number of nitrogens with zero attached hydrogens (tertiary/aromatic N) is 5. The zero-order chi connectivity index (χ0) is 28.7. The predicted octanol–water partition coefficient (Wildman–Crippen LogP) is 8.87. The molecule has 0 saturated heterocycles. The van der Waals surface area contributed by atoms with E-state index < -0.39 is 0 Å². The Bertz CT molecular complexity index is 1730. The van der Waals surface area contributed by atoms with Gasteiger partial charge in [0, 0.05) is 28.4 Å². The van der Waals surface area contributed by atoms with Crippen LogP contribution in [0, 0.1) is 6.92 Å². The third kappa shape index (κ3) is 5.90. The number of methoxy groups -OCH3 is 1. The summed E-state index contributed by atoms with van der Waals surface area (Å²) in [6.07, 6.45) is 0. The Kier molecular flexibility index (Phi) is 7.72. The van der Waals surface area contributed by atoms with E-state index in [0.29, 0.717) is 17.8 Å². The highest BCUT2D eigenvalue weighted by molar-refractivity contribution is 5.77. The first kappa shape index (κ1) is 26.5.